The molecule has 0 aliphatic carbocycles. The Hall–Kier alpha value is -1.91. The van der Waals surface area contributed by atoms with Gasteiger partial charge in [-0.25, -0.2) is 9.97 Å². The molecule has 0 fully saturated rings. The van der Waals surface area contributed by atoms with Crippen molar-refractivity contribution < 1.29 is 0 Å². The van der Waals surface area contributed by atoms with Crippen LogP contribution in [0.4, 0.5) is 5.95 Å². The maximum absolute atomic E-state index is 5.65. The number of hydrogen-bond acceptors (Lipinski definition) is 4. The largest absolute Gasteiger partial charge is 0.368 e. The van der Waals surface area contributed by atoms with Gasteiger partial charge in [0.15, 0.2) is 0 Å². The monoisotopic (exact) mass is 217 g/mol. The lowest BCUT2D eigenvalue weighted by molar-refractivity contribution is 0.746. The Labute approximate surface area is 94.3 Å². The first kappa shape index (κ1) is 10.6. The van der Waals surface area contributed by atoms with Crippen LogP contribution < -0.4 is 5.73 Å². The van der Waals surface area contributed by atoms with Crippen molar-refractivity contribution in [2.24, 2.45) is 7.05 Å². The predicted molar refractivity (Wildman–Crippen MR) is 62.8 cm³/mol. The summed E-state index contributed by atoms with van der Waals surface area (Å²) in [6.07, 6.45) is 2.83. The number of nitrogen functional groups attached to an aromatic ring is 1. The van der Waals surface area contributed by atoms with Gasteiger partial charge in [0.1, 0.15) is 0 Å². The third-order valence-electron chi connectivity index (χ3n) is 2.39. The molecule has 0 aliphatic heterocycles. The van der Waals surface area contributed by atoms with Crippen molar-refractivity contribution >= 4 is 5.95 Å². The van der Waals surface area contributed by atoms with Gasteiger partial charge < -0.3 is 5.73 Å². The first-order valence-electron chi connectivity index (χ1n) is 5.24. The van der Waals surface area contributed by atoms with E-state index in [0.29, 0.717) is 5.95 Å². The van der Waals surface area contributed by atoms with Crippen LogP contribution >= 0.6 is 0 Å². The summed E-state index contributed by atoms with van der Waals surface area (Å²) in [5, 5.41) is 4.38. The average molecular weight is 217 g/mol. The third kappa shape index (κ3) is 1.88. The lowest BCUT2D eigenvalue weighted by Gasteiger charge is -2.02. The second-order valence-electron chi connectivity index (χ2n) is 3.77. The molecule has 0 saturated heterocycles. The summed E-state index contributed by atoms with van der Waals surface area (Å²) in [6, 6.07) is 1.92. The van der Waals surface area contributed by atoms with Crippen LogP contribution in [0.2, 0.25) is 0 Å². The second kappa shape index (κ2) is 3.92. The SMILES string of the molecule is CCc1nn(C)cc1-c1cc(C)nc(N)n1. The fourth-order valence-electron chi connectivity index (χ4n) is 1.74. The number of aryl methyl sites for hydroxylation is 3. The van der Waals surface area contributed by atoms with E-state index in [1.807, 2.05) is 26.2 Å². The zero-order valence-corrected chi connectivity index (χ0v) is 9.73. The lowest BCUT2D eigenvalue weighted by Crippen LogP contribution is -1.98. The Balaban J connectivity index is 2.57. The van der Waals surface area contributed by atoms with Crippen LogP contribution in [0.1, 0.15) is 18.3 Å². The summed E-state index contributed by atoms with van der Waals surface area (Å²) in [6.45, 7) is 3.98. The molecule has 0 aromatic carbocycles. The maximum atomic E-state index is 5.65. The highest BCUT2D eigenvalue weighted by molar-refractivity contribution is 5.62. The number of hydrogen-bond donors (Lipinski definition) is 1. The molecule has 0 bridgehead atoms. The third-order valence-corrected chi connectivity index (χ3v) is 2.39. The van der Waals surface area contributed by atoms with Crippen molar-refractivity contribution in [2.45, 2.75) is 20.3 Å². The Morgan fingerprint density at radius 3 is 2.75 bits per heavy atom. The number of aromatic nitrogens is 4. The standard InChI is InChI=1S/C11H15N5/c1-4-9-8(6-16(3)15-9)10-5-7(2)13-11(12)14-10/h5-6H,4H2,1-3H3,(H2,12,13,14). The molecule has 16 heavy (non-hydrogen) atoms. The average Bonchev–Trinajstić information content (AvgIpc) is 2.58. The molecule has 0 aliphatic rings. The molecule has 5 heteroatoms. The molecule has 2 aromatic rings. The van der Waals surface area contributed by atoms with Gasteiger partial charge in [-0.3, -0.25) is 4.68 Å². The first-order valence-corrected chi connectivity index (χ1v) is 5.24. The highest BCUT2D eigenvalue weighted by atomic mass is 15.3. The van der Waals surface area contributed by atoms with E-state index in [9.17, 15) is 0 Å². The molecule has 0 spiro atoms. The van der Waals surface area contributed by atoms with Crippen LogP contribution in [0.25, 0.3) is 11.3 Å². The van der Waals surface area contributed by atoms with Crippen LogP contribution in [-0.2, 0) is 13.5 Å². The van der Waals surface area contributed by atoms with E-state index in [0.717, 1.165) is 29.1 Å². The van der Waals surface area contributed by atoms with Crippen molar-refractivity contribution in [1.82, 2.24) is 19.7 Å². The predicted octanol–water partition coefficient (Wildman–Crippen LogP) is 1.33. The first-order chi connectivity index (χ1) is 7.60. The summed E-state index contributed by atoms with van der Waals surface area (Å²) in [7, 11) is 1.90. The van der Waals surface area contributed by atoms with Crippen molar-refractivity contribution in [2.75, 3.05) is 5.73 Å². The van der Waals surface area contributed by atoms with E-state index in [2.05, 4.69) is 22.0 Å². The molecule has 84 valence electrons. The van der Waals surface area contributed by atoms with E-state index in [1.165, 1.54) is 0 Å². The molecule has 0 unspecified atom stereocenters. The van der Waals surface area contributed by atoms with Crippen molar-refractivity contribution in [3.8, 4) is 11.3 Å². The minimum absolute atomic E-state index is 0.306. The van der Waals surface area contributed by atoms with Crippen LogP contribution in [0.15, 0.2) is 12.3 Å². The van der Waals surface area contributed by atoms with Gasteiger partial charge in [0, 0.05) is 24.5 Å². The number of nitrogens with two attached hydrogens (primary N) is 1. The lowest BCUT2D eigenvalue weighted by atomic mass is 10.1. The smallest absolute Gasteiger partial charge is 0.220 e. The van der Waals surface area contributed by atoms with Gasteiger partial charge in [-0.1, -0.05) is 6.92 Å². The van der Waals surface area contributed by atoms with Crippen LogP contribution in [0.5, 0.6) is 0 Å². The fourth-order valence-corrected chi connectivity index (χ4v) is 1.74. The molecule has 0 atom stereocenters. The normalized spacial score (nSPS) is 10.7. The zero-order valence-electron chi connectivity index (χ0n) is 9.73. The summed E-state index contributed by atoms with van der Waals surface area (Å²) < 4.78 is 1.79. The second-order valence-corrected chi connectivity index (χ2v) is 3.77. The highest BCUT2D eigenvalue weighted by Crippen LogP contribution is 2.22. The minimum Gasteiger partial charge on any atom is -0.368 e. The van der Waals surface area contributed by atoms with E-state index in [-0.39, 0.29) is 0 Å². The van der Waals surface area contributed by atoms with E-state index < -0.39 is 0 Å². The van der Waals surface area contributed by atoms with E-state index >= 15 is 0 Å². The molecule has 2 N–H and O–H groups in total. The van der Waals surface area contributed by atoms with E-state index in [4.69, 9.17) is 5.73 Å². The number of rotatable bonds is 2. The Kier molecular flexibility index (Phi) is 2.60. The molecular formula is C11H15N5. The van der Waals surface area contributed by atoms with Gasteiger partial charge in [0.25, 0.3) is 0 Å². The number of nitrogens with zero attached hydrogens (tertiary/aromatic N) is 4. The van der Waals surface area contributed by atoms with Crippen molar-refractivity contribution in [1.29, 1.82) is 0 Å². The fraction of sp³-hybridized carbons (Fsp3) is 0.364. The van der Waals surface area contributed by atoms with Crippen LogP contribution in [0.3, 0.4) is 0 Å². The molecule has 2 heterocycles. The topological polar surface area (TPSA) is 69.6 Å². The Morgan fingerprint density at radius 2 is 2.12 bits per heavy atom. The highest BCUT2D eigenvalue weighted by Gasteiger charge is 2.10. The molecular weight excluding hydrogens is 202 g/mol. The summed E-state index contributed by atoms with van der Waals surface area (Å²) in [5.41, 5.74) is 9.41. The van der Waals surface area contributed by atoms with Crippen LogP contribution in [-0.4, -0.2) is 19.7 Å². The summed E-state index contributed by atoms with van der Waals surface area (Å²) in [4.78, 5) is 8.30. The number of anilines is 1. The van der Waals surface area contributed by atoms with Crippen molar-refractivity contribution in [3.63, 3.8) is 0 Å². The Morgan fingerprint density at radius 1 is 1.38 bits per heavy atom. The van der Waals surface area contributed by atoms with Gasteiger partial charge in [-0.05, 0) is 19.4 Å². The van der Waals surface area contributed by atoms with Gasteiger partial charge in [-0.15, -0.1) is 0 Å². The minimum atomic E-state index is 0.306. The van der Waals surface area contributed by atoms with Crippen molar-refractivity contribution in [3.05, 3.63) is 23.7 Å². The van der Waals surface area contributed by atoms with E-state index in [1.54, 1.807) is 4.68 Å². The maximum Gasteiger partial charge on any atom is 0.220 e. The van der Waals surface area contributed by atoms with Gasteiger partial charge in [0.05, 0.1) is 11.4 Å². The molecule has 2 rings (SSSR count). The van der Waals surface area contributed by atoms with Gasteiger partial charge in [-0.2, -0.15) is 5.10 Å². The van der Waals surface area contributed by atoms with Gasteiger partial charge >= 0.3 is 0 Å². The van der Waals surface area contributed by atoms with Gasteiger partial charge in [0.2, 0.25) is 5.95 Å². The summed E-state index contributed by atoms with van der Waals surface area (Å²) >= 11 is 0. The zero-order chi connectivity index (χ0) is 11.7. The molecule has 0 saturated carbocycles. The summed E-state index contributed by atoms with van der Waals surface area (Å²) in [5.74, 6) is 0.306. The molecule has 2 aromatic heterocycles. The van der Waals surface area contributed by atoms with Crippen LogP contribution in [0, 0.1) is 6.92 Å². The Bertz CT molecular complexity index is 495. The molecule has 0 radical (unpaired) electrons. The molecule has 0 amide bonds. The molecule has 5 nitrogen and oxygen atoms in total. The quantitative estimate of drug-likeness (QED) is 0.823.